The lowest BCUT2D eigenvalue weighted by Crippen LogP contribution is -2.65. The molecule has 2 rings (SSSR count). The van der Waals surface area contributed by atoms with Crippen molar-refractivity contribution in [1.82, 2.24) is 0 Å². The lowest BCUT2D eigenvalue weighted by molar-refractivity contribution is -0.215. The average Bonchev–Trinajstić information content (AvgIpc) is 3.45. The highest BCUT2D eigenvalue weighted by Crippen LogP contribution is 2.40. The standard InChI is InChI=1S/C8H12O6.C7H10O6.3C6H10O6/c9-5(10)7(13)3-1-2-4-8(7,14)6(11)12;8-4(9)6(12)2-1-3-7(6,13)5(10)11;3*1-5(11,3(7)8)6(2,12)4(9)10/h13-14H,1-4H2,(H,9,10)(H,11,12);12-13H,1-3H2,(H,8,9)(H,10,11);3*11-12H,1-2H3,(H,7,8)(H,9,10). The number of carboxylic acids is 10. The van der Waals surface area contributed by atoms with Crippen LogP contribution < -0.4 is 0 Å². The van der Waals surface area contributed by atoms with Crippen LogP contribution in [0.15, 0.2) is 0 Å². The first-order chi connectivity index (χ1) is 27.6. The summed E-state index contributed by atoms with van der Waals surface area (Å²) in [5.74, 6) is -17.6. The van der Waals surface area contributed by atoms with Crippen LogP contribution in [0.3, 0.4) is 0 Å². The largest absolute Gasteiger partial charge is 0.479 e. The second-order valence-electron chi connectivity index (χ2n) is 15.0. The van der Waals surface area contributed by atoms with Gasteiger partial charge in [0, 0.05) is 0 Å². The first kappa shape index (κ1) is 61.6. The van der Waals surface area contributed by atoms with Gasteiger partial charge >= 0.3 is 59.7 Å². The Hall–Kier alpha value is -5.70. The van der Waals surface area contributed by atoms with Crippen LogP contribution in [0.5, 0.6) is 0 Å². The zero-order valence-corrected chi connectivity index (χ0v) is 34.0. The number of carbonyl (C=O) groups is 10. The Labute approximate surface area is 352 Å². The summed E-state index contributed by atoms with van der Waals surface area (Å²) in [5.41, 5.74) is -26.5. The van der Waals surface area contributed by atoms with Crippen LogP contribution in [0.2, 0.25) is 0 Å². The summed E-state index contributed by atoms with van der Waals surface area (Å²) in [5, 5.41) is 177. The van der Waals surface area contributed by atoms with E-state index >= 15 is 0 Å². The molecule has 30 nitrogen and oxygen atoms in total. The molecule has 0 amide bonds. The first-order valence-electron chi connectivity index (χ1n) is 17.2. The number of carboxylic acid groups (broad SMARTS) is 10. The number of rotatable bonds is 13. The lowest BCUT2D eigenvalue weighted by atomic mass is 9.71. The Kier molecular flexibility index (Phi) is 20.2. The summed E-state index contributed by atoms with van der Waals surface area (Å²) in [6.45, 7) is 4.27. The number of hydrogen-bond acceptors (Lipinski definition) is 20. The van der Waals surface area contributed by atoms with Crippen molar-refractivity contribution < 1.29 is 150 Å². The topological polar surface area (TPSA) is 575 Å². The summed E-state index contributed by atoms with van der Waals surface area (Å²) in [6, 6.07) is 0. The van der Waals surface area contributed by atoms with Crippen LogP contribution >= 0.6 is 0 Å². The third-order valence-electron chi connectivity index (χ3n) is 10.5. The fourth-order valence-corrected chi connectivity index (χ4v) is 4.57. The van der Waals surface area contributed by atoms with Crippen LogP contribution in [0.4, 0.5) is 0 Å². The maximum absolute atomic E-state index is 10.7. The van der Waals surface area contributed by atoms with E-state index in [4.69, 9.17) is 81.7 Å². The summed E-state index contributed by atoms with van der Waals surface area (Å²) in [6.07, 6.45) is -0.0328. The monoisotopic (exact) mass is 928 g/mol. The maximum Gasteiger partial charge on any atom is 0.339 e. The zero-order valence-electron chi connectivity index (χ0n) is 34.0. The first-order valence-corrected chi connectivity index (χ1v) is 17.2. The van der Waals surface area contributed by atoms with Crippen molar-refractivity contribution in [2.75, 3.05) is 0 Å². The third kappa shape index (κ3) is 12.3. The van der Waals surface area contributed by atoms with E-state index in [1.165, 1.54) is 0 Å². The Morgan fingerprint density at radius 2 is 0.397 bits per heavy atom. The van der Waals surface area contributed by atoms with E-state index in [-0.39, 0.29) is 32.1 Å². The van der Waals surface area contributed by atoms with Gasteiger partial charge in [0.25, 0.3) is 0 Å². The highest BCUT2D eigenvalue weighted by Gasteiger charge is 2.64. The molecular formula is C33H52O30. The van der Waals surface area contributed by atoms with Gasteiger partial charge in [-0.25, -0.2) is 47.9 Å². The smallest absolute Gasteiger partial charge is 0.339 e. The second kappa shape index (κ2) is 20.7. The molecule has 10 atom stereocenters. The number of hydrogen-bond donors (Lipinski definition) is 20. The average molecular weight is 929 g/mol. The Morgan fingerprint density at radius 3 is 0.492 bits per heavy atom. The minimum Gasteiger partial charge on any atom is -0.479 e. The molecular weight excluding hydrogens is 876 g/mol. The van der Waals surface area contributed by atoms with Gasteiger partial charge in [0.15, 0.2) is 33.6 Å². The second-order valence-corrected chi connectivity index (χ2v) is 15.0. The molecule has 20 N–H and O–H groups in total. The van der Waals surface area contributed by atoms with E-state index < -0.39 is 116 Å². The van der Waals surface area contributed by atoms with E-state index in [0.29, 0.717) is 54.4 Å². The molecule has 2 saturated carbocycles. The molecule has 2 aliphatic carbocycles. The third-order valence-corrected chi connectivity index (χ3v) is 10.5. The molecule has 2 fully saturated rings. The molecule has 0 heterocycles. The van der Waals surface area contributed by atoms with Crippen LogP contribution in [0.1, 0.15) is 86.5 Å². The van der Waals surface area contributed by atoms with Gasteiger partial charge in [-0.2, -0.15) is 0 Å². The van der Waals surface area contributed by atoms with Gasteiger partial charge < -0.3 is 102 Å². The normalized spacial score (nSPS) is 28.3. The molecule has 0 aliphatic heterocycles. The molecule has 0 radical (unpaired) electrons. The van der Waals surface area contributed by atoms with Crippen molar-refractivity contribution in [3.8, 4) is 0 Å². The summed E-state index contributed by atoms with van der Waals surface area (Å²) in [7, 11) is 0. The maximum atomic E-state index is 10.7. The van der Waals surface area contributed by atoms with Crippen LogP contribution in [0.25, 0.3) is 0 Å². The quantitative estimate of drug-likeness (QED) is 0.0817. The number of aliphatic hydroxyl groups is 10. The van der Waals surface area contributed by atoms with Gasteiger partial charge in [0.05, 0.1) is 0 Å². The summed E-state index contributed by atoms with van der Waals surface area (Å²) in [4.78, 5) is 104. The molecule has 0 aromatic heterocycles. The van der Waals surface area contributed by atoms with Crippen LogP contribution in [-0.4, -0.2) is 218 Å². The molecule has 63 heavy (non-hydrogen) atoms. The van der Waals surface area contributed by atoms with Gasteiger partial charge in [-0.1, -0.05) is 0 Å². The SMILES string of the molecule is CC(O)(C(=O)O)C(C)(O)C(=O)O.CC(O)(C(=O)O)C(C)(O)C(=O)O.CC(O)(C(=O)O)C(C)(O)C(=O)O.O=C(O)C1(O)CCCC1(O)C(=O)O.O=C(O)C1(O)CCCCC1(O)C(=O)O. The highest BCUT2D eigenvalue weighted by atomic mass is 16.5. The van der Waals surface area contributed by atoms with Gasteiger partial charge in [-0.05, 0) is 86.5 Å². The fourth-order valence-electron chi connectivity index (χ4n) is 4.57. The molecule has 0 aromatic rings. The zero-order chi connectivity index (χ0) is 51.7. The molecule has 364 valence electrons. The van der Waals surface area contributed by atoms with Crippen molar-refractivity contribution >= 4 is 59.7 Å². The Balaban J connectivity index is -0.000000716. The van der Waals surface area contributed by atoms with E-state index in [9.17, 15) is 68.4 Å². The van der Waals surface area contributed by atoms with Crippen molar-refractivity contribution in [3.63, 3.8) is 0 Å². The minimum absolute atomic E-state index is 0.172. The predicted molar refractivity (Wildman–Crippen MR) is 192 cm³/mol. The molecule has 30 heteroatoms. The minimum atomic E-state index is -2.71. The predicted octanol–water partition coefficient (Wildman–Crippen LogP) is -6.03. The van der Waals surface area contributed by atoms with Gasteiger partial charge in [-0.15, -0.1) is 0 Å². The van der Waals surface area contributed by atoms with Crippen LogP contribution in [-0.2, 0) is 47.9 Å². The fraction of sp³-hybridized carbons (Fsp3) is 0.697. The van der Waals surface area contributed by atoms with Crippen molar-refractivity contribution in [2.24, 2.45) is 0 Å². The van der Waals surface area contributed by atoms with Crippen molar-refractivity contribution in [3.05, 3.63) is 0 Å². The molecule has 0 saturated heterocycles. The van der Waals surface area contributed by atoms with E-state index in [2.05, 4.69) is 0 Å². The molecule has 0 spiro atoms. The molecule has 0 aromatic carbocycles. The molecule has 10 unspecified atom stereocenters. The van der Waals surface area contributed by atoms with E-state index in [0.717, 1.165) is 0 Å². The van der Waals surface area contributed by atoms with Gasteiger partial charge in [0.1, 0.15) is 0 Å². The highest BCUT2D eigenvalue weighted by molar-refractivity contribution is 5.93. The van der Waals surface area contributed by atoms with Crippen LogP contribution in [0, 0.1) is 0 Å². The Bertz CT molecular complexity index is 1530. The number of aliphatic carboxylic acids is 10. The summed E-state index contributed by atoms with van der Waals surface area (Å²) >= 11 is 0. The van der Waals surface area contributed by atoms with Gasteiger partial charge in [0.2, 0.25) is 22.4 Å². The van der Waals surface area contributed by atoms with Gasteiger partial charge in [-0.3, -0.25) is 0 Å². The Morgan fingerprint density at radius 1 is 0.286 bits per heavy atom. The molecule has 0 bridgehead atoms. The lowest BCUT2D eigenvalue weighted by Gasteiger charge is -2.40. The van der Waals surface area contributed by atoms with Crippen molar-refractivity contribution in [1.29, 1.82) is 0 Å². The summed E-state index contributed by atoms with van der Waals surface area (Å²) < 4.78 is 0. The van der Waals surface area contributed by atoms with E-state index in [1.54, 1.807) is 0 Å². The van der Waals surface area contributed by atoms with E-state index in [1.807, 2.05) is 0 Å². The van der Waals surface area contributed by atoms with Crippen molar-refractivity contribution in [2.45, 2.75) is 142 Å². The molecule has 2 aliphatic rings.